The van der Waals surface area contributed by atoms with E-state index in [2.05, 4.69) is 11.4 Å². The van der Waals surface area contributed by atoms with Crippen LogP contribution in [0.5, 0.6) is 0 Å². The summed E-state index contributed by atoms with van der Waals surface area (Å²) in [5, 5.41) is 13.7. The topological polar surface area (TPSA) is 92.0 Å². The molecule has 2 heterocycles. The summed E-state index contributed by atoms with van der Waals surface area (Å²) in [6, 6.07) is 21.0. The Hall–Kier alpha value is -4.48. The molecule has 5 rings (SSSR count). The molecule has 2 amide bonds. The summed E-state index contributed by atoms with van der Waals surface area (Å²) in [5.41, 5.74) is 3.07. The number of amides is 2. The van der Waals surface area contributed by atoms with Gasteiger partial charge in [0.1, 0.15) is 4.91 Å². The fourth-order valence-corrected chi connectivity index (χ4v) is 7.26. The minimum Gasteiger partial charge on any atom is -0.384 e. The number of fused-ring (bicyclic) bond motifs is 1. The van der Waals surface area contributed by atoms with Gasteiger partial charge in [0.05, 0.1) is 46.9 Å². The van der Waals surface area contributed by atoms with Gasteiger partial charge in [0, 0.05) is 30.7 Å². The molecule has 2 aliphatic rings. The Balaban J connectivity index is 1.54. The molecule has 0 saturated carbocycles. The largest absolute Gasteiger partial charge is 0.471 e. The van der Waals surface area contributed by atoms with Crippen LogP contribution in [-0.2, 0) is 16.1 Å². The van der Waals surface area contributed by atoms with Crippen LogP contribution in [0.1, 0.15) is 24.5 Å². The quantitative estimate of drug-likeness (QED) is 0.188. The van der Waals surface area contributed by atoms with E-state index in [1.165, 1.54) is 23.9 Å². The zero-order valence-corrected chi connectivity index (χ0v) is 26.4. The molecule has 14 heteroatoms. The predicted molar refractivity (Wildman–Crippen MR) is 174 cm³/mol. The number of nitrogens with one attached hydrogen (secondary N) is 1. The minimum absolute atomic E-state index is 0.0200. The summed E-state index contributed by atoms with van der Waals surface area (Å²) in [6.45, 7) is 1.46. The van der Waals surface area contributed by atoms with Crippen molar-refractivity contribution in [2.75, 3.05) is 41.9 Å². The van der Waals surface area contributed by atoms with Crippen molar-refractivity contribution in [3.8, 4) is 6.07 Å². The molecule has 8 nitrogen and oxygen atoms in total. The number of halogens is 4. The second kappa shape index (κ2) is 13.9. The monoisotopic (exact) mass is 668 g/mol. The number of nitrogens with zero attached hydrogens (tertiary/aromatic N) is 5. The summed E-state index contributed by atoms with van der Waals surface area (Å²) in [4.78, 5) is 35.9. The second-order valence-corrected chi connectivity index (χ2v) is 12.2. The van der Waals surface area contributed by atoms with Gasteiger partial charge in [-0.3, -0.25) is 18.9 Å². The van der Waals surface area contributed by atoms with E-state index in [1.54, 1.807) is 41.1 Å². The van der Waals surface area contributed by atoms with Gasteiger partial charge < -0.3 is 15.1 Å². The van der Waals surface area contributed by atoms with E-state index in [1.807, 2.05) is 37.3 Å². The van der Waals surface area contributed by atoms with Crippen LogP contribution in [0.4, 0.5) is 40.3 Å². The Morgan fingerprint density at radius 3 is 2.52 bits per heavy atom. The first-order valence-electron chi connectivity index (χ1n) is 14.2. The zero-order valence-electron chi connectivity index (χ0n) is 24.8. The molecule has 238 valence electrons. The van der Waals surface area contributed by atoms with Gasteiger partial charge in [0.2, 0.25) is 0 Å². The summed E-state index contributed by atoms with van der Waals surface area (Å²) in [7, 11) is 1.74. The summed E-state index contributed by atoms with van der Waals surface area (Å²) in [5.74, 6) is -2.39. The van der Waals surface area contributed by atoms with Crippen LogP contribution in [0.2, 0.25) is 0 Å². The molecule has 0 radical (unpaired) electrons. The summed E-state index contributed by atoms with van der Waals surface area (Å²) < 4.78 is 53.0. The average molecular weight is 669 g/mol. The number of rotatable bonds is 9. The van der Waals surface area contributed by atoms with Crippen molar-refractivity contribution in [2.45, 2.75) is 31.0 Å². The normalized spacial score (nSPS) is 17.0. The van der Waals surface area contributed by atoms with Crippen LogP contribution in [-0.4, -0.2) is 54.9 Å². The molecule has 0 aromatic heterocycles. The maximum atomic E-state index is 14.1. The molecule has 1 N–H and O–H groups in total. The number of hydrogen-bond donors (Lipinski definition) is 1. The first-order valence-corrected chi connectivity index (χ1v) is 15.8. The van der Waals surface area contributed by atoms with Gasteiger partial charge in [0.25, 0.3) is 5.91 Å². The number of nitriles is 1. The average Bonchev–Trinajstić information content (AvgIpc) is 3.52. The number of benzene rings is 3. The van der Waals surface area contributed by atoms with E-state index in [4.69, 9.17) is 4.99 Å². The first-order chi connectivity index (χ1) is 22.0. The molecule has 3 aromatic carbocycles. The van der Waals surface area contributed by atoms with E-state index >= 15 is 0 Å². The van der Waals surface area contributed by atoms with Crippen LogP contribution in [0.25, 0.3) is 0 Å². The molecule has 0 spiro atoms. The van der Waals surface area contributed by atoms with Crippen LogP contribution < -0.4 is 15.1 Å². The molecule has 0 bridgehead atoms. The highest BCUT2D eigenvalue weighted by Gasteiger charge is 2.44. The maximum absolute atomic E-state index is 14.1. The third kappa shape index (κ3) is 6.85. The Bertz CT molecular complexity index is 1760. The van der Waals surface area contributed by atoms with Crippen LogP contribution in [0.3, 0.4) is 0 Å². The highest BCUT2D eigenvalue weighted by Crippen LogP contribution is 2.51. The SMILES string of the molecule is CCNc1ccc(C#N)cc1N=C1S/C(=C2\Sc3cc(N(CCCF)C(=O)C(F)(F)F)ccc3N2C)C(=O)N1Cc1ccccc1. The predicted octanol–water partition coefficient (Wildman–Crippen LogP) is 7.42. The molecule has 0 unspecified atom stereocenters. The van der Waals surface area contributed by atoms with Gasteiger partial charge in [-0.2, -0.15) is 18.4 Å². The Morgan fingerprint density at radius 1 is 1.09 bits per heavy atom. The first kappa shape index (κ1) is 32.9. The Labute approximate surface area is 271 Å². The molecular weight excluding hydrogens is 641 g/mol. The lowest BCUT2D eigenvalue weighted by Gasteiger charge is -2.24. The Kier molecular flexibility index (Phi) is 9.93. The van der Waals surface area contributed by atoms with E-state index < -0.39 is 25.3 Å². The van der Waals surface area contributed by atoms with Crippen molar-refractivity contribution in [3.05, 3.63) is 87.8 Å². The molecule has 0 atom stereocenters. The number of carbonyl (C=O) groups is 2. The summed E-state index contributed by atoms with van der Waals surface area (Å²) >= 11 is 2.35. The molecule has 0 aliphatic carbocycles. The molecule has 2 aliphatic heterocycles. The van der Waals surface area contributed by atoms with E-state index in [-0.39, 0.29) is 24.6 Å². The summed E-state index contributed by atoms with van der Waals surface area (Å²) in [6.07, 6.45) is -5.38. The third-order valence-corrected chi connectivity index (χ3v) is 9.50. The minimum atomic E-state index is -5.13. The fourth-order valence-electron chi connectivity index (χ4n) is 4.89. The van der Waals surface area contributed by atoms with Crippen LogP contribution in [0.15, 0.2) is 86.6 Å². The van der Waals surface area contributed by atoms with Crippen LogP contribution >= 0.6 is 23.5 Å². The van der Waals surface area contributed by atoms with Crippen molar-refractivity contribution >= 4 is 63.3 Å². The second-order valence-electron chi connectivity index (χ2n) is 10.2. The standard InChI is InChI=1S/C32H28F4N6O2S2/c1-3-38-23-12-10-21(18-37)16-24(23)39-31-42(19-20-8-5-4-6-9-20)28(43)27(46-31)29-40(2)25-13-11-22(17-26(25)45-29)41(15-7-14-33)30(44)32(34,35)36/h4-6,8-13,16-17,38H,3,7,14-15,19H2,1-2H3/b29-27-,39-31?. The van der Waals surface area contributed by atoms with Crippen molar-refractivity contribution in [1.82, 2.24) is 4.90 Å². The van der Waals surface area contributed by atoms with Gasteiger partial charge in [0.15, 0.2) is 5.17 Å². The van der Waals surface area contributed by atoms with Crippen molar-refractivity contribution < 1.29 is 27.2 Å². The van der Waals surface area contributed by atoms with E-state index in [9.17, 15) is 32.4 Å². The highest BCUT2D eigenvalue weighted by atomic mass is 32.2. The molecule has 3 aromatic rings. The third-order valence-electron chi connectivity index (χ3n) is 7.08. The number of carbonyl (C=O) groups excluding carboxylic acids is 2. The smallest absolute Gasteiger partial charge is 0.384 e. The van der Waals surface area contributed by atoms with Gasteiger partial charge in [-0.1, -0.05) is 42.1 Å². The van der Waals surface area contributed by atoms with Crippen LogP contribution in [0, 0.1) is 11.3 Å². The van der Waals surface area contributed by atoms with Gasteiger partial charge in [-0.15, -0.1) is 0 Å². The number of hydrogen-bond acceptors (Lipinski definition) is 8. The lowest BCUT2D eigenvalue weighted by Crippen LogP contribution is -2.42. The van der Waals surface area contributed by atoms with Gasteiger partial charge in [-0.25, -0.2) is 4.99 Å². The maximum Gasteiger partial charge on any atom is 0.471 e. The van der Waals surface area contributed by atoms with Gasteiger partial charge in [-0.05, 0) is 67.1 Å². The van der Waals surface area contributed by atoms with E-state index in [0.717, 1.165) is 17.3 Å². The van der Waals surface area contributed by atoms with Crippen molar-refractivity contribution in [1.29, 1.82) is 5.26 Å². The van der Waals surface area contributed by atoms with Crippen molar-refractivity contribution in [3.63, 3.8) is 0 Å². The molecule has 1 saturated heterocycles. The zero-order chi connectivity index (χ0) is 33.0. The number of amidine groups is 1. The number of aliphatic imine (C=N–C) groups is 1. The molecule has 46 heavy (non-hydrogen) atoms. The number of anilines is 3. The number of thioether (sulfide) groups is 2. The highest BCUT2D eigenvalue weighted by molar-refractivity contribution is 8.19. The van der Waals surface area contributed by atoms with Gasteiger partial charge >= 0.3 is 12.1 Å². The molecule has 1 fully saturated rings. The number of alkyl halides is 4. The van der Waals surface area contributed by atoms with Crippen molar-refractivity contribution in [2.24, 2.45) is 4.99 Å². The molecular formula is C32H28F4N6O2S2. The Morgan fingerprint density at radius 2 is 1.85 bits per heavy atom. The van der Waals surface area contributed by atoms with E-state index in [0.29, 0.717) is 54.1 Å². The lowest BCUT2D eigenvalue weighted by atomic mass is 10.2. The lowest BCUT2D eigenvalue weighted by molar-refractivity contribution is -0.170. The fraction of sp³-hybridized carbons (Fsp3) is 0.250.